The van der Waals surface area contributed by atoms with Crippen LogP contribution in [0.15, 0.2) is 27.2 Å². The fraction of sp³-hybridized carbons (Fsp3) is 0.100. The third-order valence-electron chi connectivity index (χ3n) is 2.34. The average Bonchev–Trinajstić information content (AvgIpc) is 2.60. The van der Waals surface area contributed by atoms with Gasteiger partial charge in [0.25, 0.3) is 5.69 Å². The van der Waals surface area contributed by atoms with Gasteiger partial charge in [-0.15, -0.1) is 0 Å². The van der Waals surface area contributed by atoms with E-state index in [1.807, 2.05) is 6.92 Å². The minimum atomic E-state index is -0.462. The lowest BCUT2D eigenvalue weighted by Gasteiger charge is -2.02. The third kappa shape index (κ3) is 2.01. The first-order valence-corrected chi connectivity index (χ1v) is 5.46. The van der Waals surface area contributed by atoms with E-state index in [-0.39, 0.29) is 11.5 Å². The summed E-state index contributed by atoms with van der Waals surface area (Å²) in [6.07, 6.45) is 0. The minimum Gasteiger partial charge on any atom is -0.380 e. The predicted molar refractivity (Wildman–Crippen MR) is 65.4 cm³/mol. The number of anilines is 1. The Kier molecular flexibility index (Phi) is 2.84. The number of aromatic nitrogens is 1. The number of halogens is 1. The Morgan fingerprint density at radius 1 is 1.53 bits per heavy atom. The van der Waals surface area contributed by atoms with E-state index < -0.39 is 4.92 Å². The second kappa shape index (κ2) is 4.17. The van der Waals surface area contributed by atoms with E-state index in [2.05, 4.69) is 21.1 Å². The summed E-state index contributed by atoms with van der Waals surface area (Å²) in [4.78, 5) is 10.2. The second-order valence-corrected chi connectivity index (χ2v) is 4.26. The first-order valence-electron chi connectivity index (χ1n) is 4.66. The van der Waals surface area contributed by atoms with Crippen LogP contribution in [0, 0.1) is 17.0 Å². The van der Waals surface area contributed by atoms with Crippen molar-refractivity contribution < 1.29 is 9.45 Å². The molecule has 0 aliphatic carbocycles. The number of nitro groups is 1. The number of hydrogen-bond donors (Lipinski definition) is 1. The zero-order valence-electron chi connectivity index (χ0n) is 8.81. The number of non-ortho nitro benzene ring substituents is 1. The predicted octanol–water partition coefficient (Wildman–Crippen LogP) is 2.90. The minimum absolute atomic E-state index is 0.00697. The highest BCUT2D eigenvalue weighted by Crippen LogP contribution is 2.35. The van der Waals surface area contributed by atoms with E-state index >= 15 is 0 Å². The second-order valence-electron chi connectivity index (χ2n) is 3.47. The van der Waals surface area contributed by atoms with Gasteiger partial charge in [0.2, 0.25) is 0 Å². The molecule has 2 aromatic rings. The quantitative estimate of drug-likeness (QED) is 0.679. The molecule has 0 spiro atoms. The van der Waals surface area contributed by atoms with Crippen molar-refractivity contribution in [1.82, 2.24) is 5.16 Å². The third-order valence-corrected chi connectivity index (χ3v) is 3.10. The van der Waals surface area contributed by atoms with Crippen LogP contribution in [-0.4, -0.2) is 10.1 Å². The first-order chi connectivity index (χ1) is 8.00. The van der Waals surface area contributed by atoms with Crippen molar-refractivity contribution in [2.24, 2.45) is 0 Å². The van der Waals surface area contributed by atoms with E-state index in [0.29, 0.717) is 15.8 Å². The van der Waals surface area contributed by atoms with Crippen LogP contribution in [0.1, 0.15) is 5.56 Å². The molecule has 0 radical (unpaired) electrons. The van der Waals surface area contributed by atoms with E-state index in [4.69, 9.17) is 10.3 Å². The monoisotopic (exact) mass is 297 g/mol. The van der Waals surface area contributed by atoms with E-state index in [0.717, 1.165) is 5.56 Å². The fourth-order valence-electron chi connectivity index (χ4n) is 1.43. The Bertz CT molecular complexity index is 594. The zero-order valence-corrected chi connectivity index (χ0v) is 10.4. The maximum absolute atomic E-state index is 10.7. The molecule has 7 heteroatoms. The fourth-order valence-corrected chi connectivity index (χ4v) is 1.79. The van der Waals surface area contributed by atoms with Gasteiger partial charge >= 0.3 is 0 Å². The van der Waals surface area contributed by atoms with Crippen LogP contribution in [0.3, 0.4) is 0 Å². The van der Waals surface area contributed by atoms with Gasteiger partial charge in [-0.25, -0.2) is 0 Å². The van der Waals surface area contributed by atoms with Gasteiger partial charge in [-0.2, -0.15) is 0 Å². The standard InChI is InChI=1S/C10H8BrN3O3/c1-5-2-3-6(14(15)16)4-7(5)9-8(11)10(12)13-17-9/h2-4H,1H3,(H2,12,13). The summed E-state index contributed by atoms with van der Waals surface area (Å²) in [6.45, 7) is 1.82. The molecule has 2 N–H and O–H groups in total. The van der Waals surface area contributed by atoms with Crippen LogP contribution in [0.5, 0.6) is 0 Å². The van der Waals surface area contributed by atoms with Crippen molar-refractivity contribution in [3.63, 3.8) is 0 Å². The smallest absolute Gasteiger partial charge is 0.270 e. The molecule has 0 saturated heterocycles. The van der Waals surface area contributed by atoms with Crippen molar-refractivity contribution in [3.8, 4) is 11.3 Å². The van der Waals surface area contributed by atoms with E-state index in [1.54, 1.807) is 6.07 Å². The number of hydrogen-bond acceptors (Lipinski definition) is 5. The molecular formula is C10H8BrN3O3. The molecule has 0 unspecified atom stereocenters. The molecule has 0 fully saturated rings. The molecular weight excluding hydrogens is 290 g/mol. The van der Waals surface area contributed by atoms with Crippen LogP contribution in [0.25, 0.3) is 11.3 Å². The van der Waals surface area contributed by atoms with E-state index in [1.165, 1.54) is 12.1 Å². The van der Waals surface area contributed by atoms with Crippen molar-refractivity contribution in [1.29, 1.82) is 0 Å². The number of aryl methyl sites for hydroxylation is 1. The maximum atomic E-state index is 10.7. The van der Waals surface area contributed by atoms with Crippen molar-refractivity contribution >= 4 is 27.4 Å². The average molecular weight is 298 g/mol. The van der Waals surface area contributed by atoms with Crippen LogP contribution >= 0.6 is 15.9 Å². The summed E-state index contributed by atoms with van der Waals surface area (Å²) in [5.41, 5.74) is 6.97. The SMILES string of the molecule is Cc1ccc([N+](=O)[O-])cc1-c1onc(N)c1Br. The van der Waals surface area contributed by atoms with Gasteiger partial charge < -0.3 is 10.3 Å². The number of nitrogen functional groups attached to an aromatic ring is 1. The van der Waals surface area contributed by atoms with Gasteiger partial charge in [0.05, 0.1) is 4.92 Å². The first kappa shape index (κ1) is 11.6. The lowest BCUT2D eigenvalue weighted by Crippen LogP contribution is -1.90. The van der Waals surface area contributed by atoms with Gasteiger partial charge in [0, 0.05) is 17.7 Å². The molecule has 0 atom stereocenters. The number of nitrogens with two attached hydrogens (primary N) is 1. The van der Waals surface area contributed by atoms with Crippen LogP contribution in [0.4, 0.5) is 11.5 Å². The van der Waals surface area contributed by atoms with Crippen LogP contribution in [0.2, 0.25) is 0 Å². The maximum Gasteiger partial charge on any atom is 0.270 e. The normalized spacial score (nSPS) is 10.5. The largest absolute Gasteiger partial charge is 0.380 e. The van der Waals surface area contributed by atoms with E-state index in [9.17, 15) is 10.1 Å². The molecule has 1 aromatic heterocycles. The molecule has 6 nitrogen and oxygen atoms in total. The Morgan fingerprint density at radius 2 is 2.24 bits per heavy atom. The van der Waals surface area contributed by atoms with Gasteiger partial charge in [-0.05, 0) is 28.4 Å². The highest BCUT2D eigenvalue weighted by molar-refractivity contribution is 9.10. The van der Waals surface area contributed by atoms with Crippen LogP contribution < -0.4 is 5.73 Å². The van der Waals surface area contributed by atoms with Crippen molar-refractivity contribution in [3.05, 3.63) is 38.3 Å². The highest BCUT2D eigenvalue weighted by atomic mass is 79.9. The molecule has 0 saturated carbocycles. The number of nitro benzene ring substituents is 1. The zero-order chi connectivity index (χ0) is 12.6. The molecule has 2 rings (SSSR count). The lowest BCUT2D eigenvalue weighted by molar-refractivity contribution is -0.384. The summed E-state index contributed by atoms with van der Waals surface area (Å²) in [7, 11) is 0. The summed E-state index contributed by atoms with van der Waals surface area (Å²) in [5.74, 6) is 0.606. The summed E-state index contributed by atoms with van der Waals surface area (Å²) < 4.78 is 5.55. The number of rotatable bonds is 2. The Balaban J connectivity index is 2.62. The highest BCUT2D eigenvalue weighted by Gasteiger charge is 2.18. The van der Waals surface area contributed by atoms with Gasteiger partial charge in [-0.3, -0.25) is 10.1 Å². The topological polar surface area (TPSA) is 95.2 Å². The molecule has 0 aliphatic heterocycles. The van der Waals surface area contributed by atoms with Gasteiger partial charge in [0.1, 0.15) is 4.47 Å². The molecule has 0 aliphatic rings. The lowest BCUT2D eigenvalue weighted by atomic mass is 10.1. The summed E-state index contributed by atoms with van der Waals surface area (Å²) >= 11 is 3.23. The summed E-state index contributed by atoms with van der Waals surface area (Å²) in [5, 5.41) is 14.3. The Hall–Kier alpha value is -1.89. The molecule has 17 heavy (non-hydrogen) atoms. The van der Waals surface area contributed by atoms with Crippen molar-refractivity contribution in [2.45, 2.75) is 6.92 Å². The molecule has 1 heterocycles. The van der Waals surface area contributed by atoms with Gasteiger partial charge in [-0.1, -0.05) is 11.2 Å². The molecule has 1 aromatic carbocycles. The molecule has 88 valence electrons. The molecule has 0 amide bonds. The Morgan fingerprint density at radius 3 is 2.76 bits per heavy atom. The van der Waals surface area contributed by atoms with Gasteiger partial charge in [0.15, 0.2) is 11.6 Å². The Labute approximate surface area is 105 Å². The number of nitrogens with zero attached hydrogens (tertiary/aromatic N) is 2. The number of benzene rings is 1. The molecule has 0 bridgehead atoms. The van der Waals surface area contributed by atoms with Crippen LogP contribution in [-0.2, 0) is 0 Å². The summed E-state index contributed by atoms with van der Waals surface area (Å²) in [6, 6.07) is 4.52. The van der Waals surface area contributed by atoms with Crippen molar-refractivity contribution in [2.75, 3.05) is 5.73 Å².